The minimum Gasteiger partial charge on any atom is -0.267 e. The average Bonchev–Trinajstić information content (AvgIpc) is 2.77. The summed E-state index contributed by atoms with van der Waals surface area (Å²) in [5.41, 5.74) is 9.77. The number of rotatable bonds is 3. The van der Waals surface area contributed by atoms with E-state index in [-0.39, 0.29) is 5.91 Å². The highest BCUT2D eigenvalue weighted by Crippen LogP contribution is 2.23. The summed E-state index contributed by atoms with van der Waals surface area (Å²) >= 11 is 0. The number of para-hydroxylation sites is 1. The van der Waals surface area contributed by atoms with Crippen LogP contribution in [0.4, 0.5) is 0 Å². The van der Waals surface area contributed by atoms with Crippen molar-refractivity contribution in [2.45, 2.75) is 13.8 Å². The van der Waals surface area contributed by atoms with Crippen LogP contribution in [0.15, 0.2) is 72.9 Å². The van der Waals surface area contributed by atoms with Crippen molar-refractivity contribution in [3.05, 3.63) is 95.2 Å². The van der Waals surface area contributed by atoms with Crippen LogP contribution in [0.5, 0.6) is 0 Å². The maximum atomic E-state index is 12.9. The second-order valence-electron chi connectivity index (χ2n) is 7.01. The summed E-state index contributed by atoms with van der Waals surface area (Å²) in [6.45, 7) is 3.82. The summed E-state index contributed by atoms with van der Waals surface area (Å²) in [4.78, 5) is 34.4. The van der Waals surface area contributed by atoms with E-state index in [0.717, 1.165) is 11.1 Å². The number of carbonyl (C=O) groups excluding carboxylic acids is 2. The number of nitrogens with one attached hydrogen (secondary N) is 2. The van der Waals surface area contributed by atoms with Gasteiger partial charge in [-0.1, -0.05) is 42.0 Å². The van der Waals surface area contributed by atoms with E-state index in [2.05, 4.69) is 20.8 Å². The highest BCUT2D eigenvalue weighted by molar-refractivity contribution is 6.08. The normalized spacial score (nSPS) is 10.6. The highest BCUT2D eigenvalue weighted by atomic mass is 16.2. The molecule has 2 aromatic heterocycles. The molecule has 0 bridgehead atoms. The third-order valence-electron chi connectivity index (χ3n) is 4.80. The zero-order chi connectivity index (χ0) is 21.1. The molecule has 4 aromatic rings. The van der Waals surface area contributed by atoms with Crippen molar-refractivity contribution in [3.63, 3.8) is 0 Å². The fourth-order valence-electron chi connectivity index (χ4n) is 3.33. The van der Waals surface area contributed by atoms with Crippen molar-refractivity contribution in [1.82, 2.24) is 20.8 Å². The SMILES string of the molecule is Cc1ccc(C(=O)NNC(=O)c2cc(-c3ccccn3)nc3ccccc23)c(C)c1. The minimum atomic E-state index is -0.427. The Morgan fingerprint density at radius 1 is 0.767 bits per heavy atom. The van der Waals surface area contributed by atoms with Gasteiger partial charge in [0, 0.05) is 17.1 Å². The molecule has 0 radical (unpaired) electrons. The first-order valence-corrected chi connectivity index (χ1v) is 9.52. The molecule has 0 saturated carbocycles. The van der Waals surface area contributed by atoms with Gasteiger partial charge >= 0.3 is 0 Å². The quantitative estimate of drug-likeness (QED) is 0.513. The zero-order valence-corrected chi connectivity index (χ0v) is 16.6. The van der Waals surface area contributed by atoms with E-state index < -0.39 is 5.91 Å². The van der Waals surface area contributed by atoms with Crippen LogP contribution >= 0.6 is 0 Å². The van der Waals surface area contributed by atoms with Gasteiger partial charge in [-0.05, 0) is 49.7 Å². The van der Waals surface area contributed by atoms with E-state index in [4.69, 9.17) is 0 Å². The van der Waals surface area contributed by atoms with Crippen molar-refractivity contribution >= 4 is 22.7 Å². The average molecular weight is 396 g/mol. The molecule has 0 fully saturated rings. The fourth-order valence-corrected chi connectivity index (χ4v) is 3.33. The van der Waals surface area contributed by atoms with Crippen molar-refractivity contribution in [2.24, 2.45) is 0 Å². The molecule has 6 heteroatoms. The van der Waals surface area contributed by atoms with E-state index in [0.29, 0.717) is 33.4 Å². The first-order chi connectivity index (χ1) is 14.5. The second kappa shape index (κ2) is 8.13. The van der Waals surface area contributed by atoms with Gasteiger partial charge in [-0.2, -0.15) is 0 Å². The minimum absolute atomic E-state index is 0.371. The van der Waals surface area contributed by atoms with Gasteiger partial charge in [-0.25, -0.2) is 4.98 Å². The lowest BCUT2D eigenvalue weighted by Crippen LogP contribution is -2.42. The van der Waals surface area contributed by atoms with E-state index in [1.54, 1.807) is 18.3 Å². The zero-order valence-electron chi connectivity index (χ0n) is 16.6. The molecule has 0 spiro atoms. The first-order valence-electron chi connectivity index (χ1n) is 9.52. The Bertz CT molecular complexity index is 1250. The predicted molar refractivity (Wildman–Crippen MR) is 116 cm³/mol. The molecule has 148 valence electrons. The van der Waals surface area contributed by atoms with Crippen molar-refractivity contribution in [2.75, 3.05) is 0 Å². The van der Waals surface area contributed by atoms with Gasteiger partial charge in [0.2, 0.25) is 0 Å². The molecule has 0 atom stereocenters. The van der Waals surface area contributed by atoms with Crippen LogP contribution in [-0.2, 0) is 0 Å². The Hall–Kier alpha value is -4.06. The van der Waals surface area contributed by atoms with Crippen LogP contribution in [0.3, 0.4) is 0 Å². The predicted octanol–water partition coefficient (Wildman–Crippen LogP) is 3.99. The van der Waals surface area contributed by atoms with Gasteiger partial charge < -0.3 is 0 Å². The van der Waals surface area contributed by atoms with Crippen LogP contribution < -0.4 is 10.9 Å². The first kappa shape index (κ1) is 19.3. The fraction of sp³-hybridized carbons (Fsp3) is 0.0833. The lowest BCUT2D eigenvalue weighted by Gasteiger charge is -2.12. The number of carbonyl (C=O) groups is 2. The summed E-state index contributed by atoms with van der Waals surface area (Å²) in [6, 6.07) is 20.1. The number of aryl methyl sites for hydroxylation is 2. The molecule has 2 heterocycles. The smallest absolute Gasteiger partial charge is 0.267 e. The number of hydrogen-bond donors (Lipinski definition) is 2. The van der Waals surface area contributed by atoms with Gasteiger partial charge in [0.15, 0.2) is 0 Å². The molecular weight excluding hydrogens is 376 g/mol. The lowest BCUT2D eigenvalue weighted by atomic mass is 10.1. The van der Waals surface area contributed by atoms with Crippen LogP contribution in [0.25, 0.3) is 22.3 Å². The Morgan fingerprint density at radius 3 is 2.23 bits per heavy atom. The monoisotopic (exact) mass is 396 g/mol. The summed E-state index contributed by atoms with van der Waals surface area (Å²) in [5, 5.41) is 0.690. The van der Waals surface area contributed by atoms with E-state index in [9.17, 15) is 9.59 Å². The van der Waals surface area contributed by atoms with E-state index >= 15 is 0 Å². The topological polar surface area (TPSA) is 84.0 Å². The molecule has 2 N–H and O–H groups in total. The number of amides is 2. The van der Waals surface area contributed by atoms with Gasteiger partial charge in [-0.15, -0.1) is 0 Å². The Kier molecular flexibility index (Phi) is 5.22. The third-order valence-corrected chi connectivity index (χ3v) is 4.80. The standard InChI is InChI=1S/C24H20N4O2/c1-15-10-11-17(16(2)13-15)23(29)27-28-24(30)19-14-22(21-9-5-6-12-25-21)26-20-8-4-3-7-18(19)20/h3-14H,1-2H3,(H,27,29)(H,28,30). The lowest BCUT2D eigenvalue weighted by molar-refractivity contribution is 0.0847. The Labute approximate surface area is 174 Å². The largest absolute Gasteiger partial charge is 0.270 e. The summed E-state index contributed by atoms with van der Waals surface area (Å²) < 4.78 is 0. The van der Waals surface area contributed by atoms with Gasteiger partial charge in [-0.3, -0.25) is 25.4 Å². The number of benzene rings is 2. The molecule has 4 rings (SSSR count). The molecule has 0 aliphatic carbocycles. The summed E-state index contributed by atoms with van der Waals surface area (Å²) in [6.07, 6.45) is 1.68. The molecule has 2 amide bonds. The highest BCUT2D eigenvalue weighted by Gasteiger charge is 2.16. The summed E-state index contributed by atoms with van der Waals surface area (Å²) in [7, 11) is 0. The summed E-state index contributed by atoms with van der Waals surface area (Å²) in [5.74, 6) is -0.798. The molecule has 0 saturated heterocycles. The van der Waals surface area contributed by atoms with Crippen molar-refractivity contribution in [1.29, 1.82) is 0 Å². The number of hydrogen-bond acceptors (Lipinski definition) is 4. The van der Waals surface area contributed by atoms with Crippen LogP contribution in [0, 0.1) is 13.8 Å². The Morgan fingerprint density at radius 2 is 1.50 bits per heavy atom. The molecular formula is C24H20N4O2. The van der Waals surface area contributed by atoms with Gasteiger partial charge in [0.1, 0.15) is 0 Å². The van der Waals surface area contributed by atoms with Crippen molar-refractivity contribution in [3.8, 4) is 11.4 Å². The number of pyridine rings is 2. The second-order valence-corrected chi connectivity index (χ2v) is 7.01. The van der Waals surface area contributed by atoms with Crippen molar-refractivity contribution < 1.29 is 9.59 Å². The Balaban J connectivity index is 1.63. The van der Waals surface area contributed by atoms with E-state index in [1.807, 2.05) is 68.4 Å². The number of aromatic nitrogens is 2. The van der Waals surface area contributed by atoms with E-state index in [1.165, 1.54) is 0 Å². The third kappa shape index (κ3) is 3.89. The van der Waals surface area contributed by atoms with Crippen LogP contribution in [-0.4, -0.2) is 21.8 Å². The number of hydrazine groups is 1. The molecule has 0 aliphatic rings. The van der Waals surface area contributed by atoms with Crippen LogP contribution in [0.1, 0.15) is 31.8 Å². The maximum Gasteiger partial charge on any atom is 0.270 e. The molecule has 6 nitrogen and oxygen atoms in total. The maximum absolute atomic E-state index is 12.9. The van der Waals surface area contributed by atoms with Crippen LogP contribution in [0.2, 0.25) is 0 Å². The van der Waals surface area contributed by atoms with Gasteiger partial charge in [0.05, 0.1) is 22.5 Å². The molecule has 30 heavy (non-hydrogen) atoms. The molecule has 2 aromatic carbocycles. The molecule has 0 unspecified atom stereocenters. The van der Waals surface area contributed by atoms with Gasteiger partial charge in [0.25, 0.3) is 11.8 Å². The number of nitrogens with zero attached hydrogens (tertiary/aromatic N) is 2. The molecule has 0 aliphatic heterocycles. The number of fused-ring (bicyclic) bond motifs is 1.